The fraction of sp³-hybridized carbons (Fsp3) is 0. The molecule has 0 saturated carbocycles. The molecule has 11 heteroatoms. The first kappa shape index (κ1) is 29.3. The number of thiocarbonyl (C=S) groups is 2. The van der Waals surface area contributed by atoms with Gasteiger partial charge in [-0.05, 0) is 0 Å². The molecule has 0 fully saturated rings. The van der Waals surface area contributed by atoms with E-state index < -0.39 is 0 Å². The van der Waals surface area contributed by atoms with Crippen molar-refractivity contribution in [1.29, 1.82) is 0 Å². The normalized spacial score (nSPS) is 5.69. The van der Waals surface area contributed by atoms with Gasteiger partial charge in [-0.2, -0.15) is 24.1 Å². The predicted molar refractivity (Wildman–Crippen MR) is 65.0 cm³/mol. The molecule has 0 unspecified atom stereocenters. The quantitative estimate of drug-likeness (QED) is 0.351. The van der Waals surface area contributed by atoms with Gasteiger partial charge in [-0.15, -0.1) is 0 Å². The van der Waals surface area contributed by atoms with Crippen LogP contribution in [0.4, 0.5) is 0 Å². The fourth-order valence-electron chi connectivity index (χ4n) is 0. The average molecular weight is 376 g/mol. The molecule has 0 atom stereocenters. The van der Waals surface area contributed by atoms with Crippen LogP contribution in [0.15, 0.2) is 0 Å². The maximum Gasteiger partial charge on any atom is 0.116 e. The van der Waals surface area contributed by atoms with Crippen LogP contribution >= 0.6 is 48.5 Å². The van der Waals surface area contributed by atoms with Crippen molar-refractivity contribution in [3.05, 3.63) is 0 Å². The van der Waals surface area contributed by atoms with Crippen LogP contribution in [-0.4, -0.2) is 17.7 Å². The first-order valence-corrected chi connectivity index (χ1v) is 4.03. The maximum atomic E-state index is 9.28. The van der Waals surface area contributed by atoms with Gasteiger partial charge in [0.15, 0.2) is 0 Å². The monoisotopic (exact) mass is 378 g/mol. The summed E-state index contributed by atoms with van der Waals surface area (Å²) >= 11 is 8.53. The zero-order valence-corrected chi connectivity index (χ0v) is 12.7. The van der Waals surface area contributed by atoms with E-state index in [9.17, 15) is 9.11 Å². The summed E-state index contributed by atoms with van der Waals surface area (Å²) in [6.45, 7) is 0. The SMILES string of the molecule is NC(=S)S[O-].NC(=S)S[O-].[Mo].[S-2].[S-2]. The van der Waals surface area contributed by atoms with E-state index in [1.165, 1.54) is 0 Å². The van der Waals surface area contributed by atoms with Gasteiger partial charge in [-0.1, -0.05) is 24.4 Å². The third-order valence-corrected chi connectivity index (χ3v) is 0.901. The van der Waals surface area contributed by atoms with Crippen LogP contribution in [0.1, 0.15) is 0 Å². The number of hydrogen-bond acceptors (Lipinski definition) is 6. The smallest absolute Gasteiger partial charge is 0.116 e. The van der Waals surface area contributed by atoms with E-state index in [0.29, 0.717) is 0 Å². The molecule has 0 aliphatic heterocycles. The van der Waals surface area contributed by atoms with Gasteiger partial charge in [0.25, 0.3) is 0 Å². The molecule has 4 nitrogen and oxygen atoms in total. The average Bonchev–Trinajstić information content (AvgIpc) is 1.89. The fourth-order valence-corrected chi connectivity index (χ4v) is 0. The summed E-state index contributed by atoms with van der Waals surface area (Å²) in [6, 6.07) is 0. The van der Waals surface area contributed by atoms with E-state index in [-0.39, 0.29) is 80.8 Å². The van der Waals surface area contributed by atoms with E-state index in [1.807, 2.05) is 0 Å². The molecule has 0 radical (unpaired) electrons. The summed E-state index contributed by atoms with van der Waals surface area (Å²) in [5, 5.41) is 0. The van der Waals surface area contributed by atoms with Crippen molar-refractivity contribution in [2.45, 2.75) is 0 Å². The molecule has 4 N–H and O–H groups in total. The van der Waals surface area contributed by atoms with Crippen molar-refractivity contribution in [1.82, 2.24) is 0 Å². The Bertz CT molecular complexity index is 111. The molecule has 0 aliphatic carbocycles. The topological polar surface area (TPSA) is 98.2 Å². The summed E-state index contributed by atoms with van der Waals surface area (Å²) in [6.07, 6.45) is 0. The summed E-state index contributed by atoms with van der Waals surface area (Å²) in [7, 11) is 0. The Morgan fingerprint density at radius 2 is 1.00 bits per heavy atom. The van der Waals surface area contributed by atoms with Crippen molar-refractivity contribution in [2.75, 3.05) is 0 Å². The van der Waals surface area contributed by atoms with Crippen LogP contribution in [0.5, 0.6) is 0 Å². The first-order chi connectivity index (χ1) is 4.54. The summed E-state index contributed by atoms with van der Waals surface area (Å²) in [5.41, 5.74) is 9.35. The minimum atomic E-state index is -0.0509. The number of hydrogen-bond donors (Lipinski definition) is 2. The second kappa shape index (κ2) is 23.5. The van der Waals surface area contributed by atoms with Crippen LogP contribution in [0.3, 0.4) is 0 Å². The van der Waals surface area contributed by atoms with E-state index in [4.69, 9.17) is 0 Å². The minimum absolute atomic E-state index is 0. The van der Waals surface area contributed by atoms with Crippen molar-refractivity contribution in [2.24, 2.45) is 11.5 Å². The van der Waals surface area contributed by atoms with Gasteiger partial charge in [-0.25, -0.2) is 0 Å². The zero-order chi connectivity index (χ0) is 8.57. The Morgan fingerprint density at radius 3 is 1.00 bits per heavy atom. The number of nitrogens with two attached hydrogens (primary N) is 2. The van der Waals surface area contributed by atoms with Crippen molar-refractivity contribution in [3.63, 3.8) is 0 Å². The standard InChI is InChI=1S/2CH3NOS2.Mo.2S/c2*2-1(4)5-3;;;/h2*3H,(H2,2,4);;;/q;;;2*-2/p-2. The van der Waals surface area contributed by atoms with Gasteiger partial charge in [0.05, 0.1) is 0 Å². The molecule has 0 aromatic heterocycles. The third-order valence-electron chi connectivity index (χ3n) is 0.164. The molecule has 82 valence electrons. The molecule has 0 rings (SSSR count). The zero-order valence-electron chi connectivity index (χ0n) is 5.83. The van der Waals surface area contributed by atoms with Crippen LogP contribution in [0.25, 0.3) is 0 Å². The molecule has 0 saturated heterocycles. The van der Waals surface area contributed by atoms with Gasteiger partial charge in [-0.3, -0.25) is 0 Å². The second-order valence-corrected chi connectivity index (χ2v) is 3.41. The molecule has 0 amide bonds. The largest absolute Gasteiger partial charge is 2.00 e. The van der Waals surface area contributed by atoms with Gasteiger partial charge in [0, 0.05) is 21.1 Å². The predicted octanol–water partition coefficient (Wildman–Crippen LogP) is 0.180. The summed E-state index contributed by atoms with van der Waals surface area (Å²) in [4.78, 5) is 0. The molecule has 0 aromatic rings. The van der Waals surface area contributed by atoms with E-state index in [0.717, 1.165) is 0 Å². The van der Waals surface area contributed by atoms with Crippen LogP contribution in [0.2, 0.25) is 0 Å². The minimum Gasteiger partial charge on any atom is -2.00 e. The van der Waals surface area contributed by atoms with E-state index in [2.05, 4.69) is 35.9 Å². The van der Waals surface area contributed by atoms with Crippen LogP contribution < -0.4 is 11.5 Å². The Morgan fingerprint density at radius 1 is 0.923 bits per heavy atom. The third kappa shape index (κ3) is 57.2. The Labute approximate surface area is 125 Å². The second-order valence-electron chi connectivity index (χ2n) is 0.805. The van der Waals surface area contributed by atoms with Gasteiger partial charge in [0.2, 0.25) is 0 Å². The molecule has 0 bridgehead atoms. The Balaban J connectivity index is -0.0000000267. The molecular weight excluding hydrogens is 372 g/mol. The molecule has 0 aromatic carbocycles. The molecule has 0 spiro atoms. The van der Waals surface area contributed by atoms with Crippen molar-refractivity contribution in [3.8, 4) is 0 Å². The Hall–Kier alpha value is 1.79. The van der Waals surface area contributed by atoms with Crippen LogP contribution in [0, 0.1) is 0 Å². The molecule has 13 heavy (non-hydrogen) atoms. The van der Waals surface area contributed by atoms with Gasteiger partial charge < -0.3 is 47.6 Å². The molecule has 0 heterocycles. The maximum absolute atomic E-state index is 9.28. The van der Waals surface area contributed by atoms with Crippen molar-refractivity contribution < 1.29 is 30.2 Å². The van der Waals surface area contributed by atoms with E-state index in [1.54, 1.807) is 0 Å². The van der Waals surface area contributed by atoms with Gasteiger partial charge in [0.1, 0.15) is 8.64 Å². The summed E-state index contributed by atoms with van der Waals surface area (Å²) < 4.78 is 18.5. The summed E-state index contributed by atoms with van der Waals surface area (Å²) in [5.74, 6) is 0. The molecule has 0 aliphatic rings. The van der Waals surface area contributed by atoms with Gasteiger partial charge >= 0.3 is 0 Å². The van der Waals surface area contributed by atoms with Crippen molar-refractivity contribution >= 4 is 84.2 Å². The van der Waals surface area contributed by atoms with E-state index >= 15 is 0 Å². The number of rotatable bonds is 0. The first-order valence-electron chi connectivity index (χ1n) is 1.73. The van der Waals surface area contributed by atoms with Crippen LogP contribution in [-0.2, 0) is 48.1 Å². The molecular formula is C2H4MoN2O2S6-6. The Kier molecular flexibility index (Phi) is 53.1.